The highest BCUT2D eigenvalue weighted by Crippen LogP contribution is 2.21. The SMILES string of the molecule is COc1ccc(C(=O)/N=C(/NCC(C)(C)C)NC2CC(c3ccc(F)cc3)NN2)cc1. The second kappa shape index (κ2) is 9.89. The van der Waals surface area contributed by atoms with Gasteiger partial charge in [0, 0.05) is 24.6 Å². The molecule has 0 spiro atoms. The molecular formula is C23H30FN5O2. The number of hydrogen-bond acceptors (Lipinski definition) is 4. The summed E-state index contributed by atoms with van der Waals surface area (Å²) in [5.74, 6) is 0.461. The number of halogens is 1. The van der Waals surface area contributed by atoms with Gasteiger partial charge in [-0.15, -0.1) is 0 Å². The first kappa shape index (κ1) is 22.7. The Bertz CT molecular complexity index is 907. The Morgan fingerprint density at radius 1 is 1.13 bits per heavy atom. The molecule has 0 radical (unpaired) electrons. The van der Waals surface area contributed by atoms with Crippen molar-refractivity contribution in [1.29, 1.82) is 0 Å². The smallest absolute Gasteiger partial charge is 0.280 e. The number of rotatable bonds is 5. The summed E-state index contributed by atoms with van der Waals surface area (Å²) in [6, 6.07) is 13.3. The van der Waals surface area contributed by atoms with Crippen LogP contribution in [-0.2, 0) is 0 Å². The number of ether oxygens (including phenoxy) is 1. The predicted octanol–water partition coefficient (Wildman–Crippen LogP) is 3.12. The van der Waals surface area contributed by atoms with E-state index in [1.54, 1.807) is 43.5 Å². The number of methoxy groups -OCH3 is 1. The molecule has 2 unspecified atom stereocenters. The average Bonchev–Trinajstić information content (AvgIpc) is 3.20. The predicted molar refractivity (Wildman–Crippen MR) is 119 cm³/mol. The number of benzene rings is 2. The number of nitrogens with one attached hydrogen (secondary N) is 4. The van der Waals surface area contributed by atoms with Crippen LogP contribution in [0.15, 0.2) is 53.5 Å². The van der Waals surface area contributed by atoms with E-state index in [0.29, 0.717) is 30.2 Å². The molecule has 8 heteroatoms. The Morgan fingerprint density at radius 3 is 2.42 bits per heavy atom. The highest BCUT2D eigenvalue weighted by molar-refractivity contribution is 6.02. The van der Waals surface area contributed by atoms with E-state index in [2.05, 4.69) is 47.2 Å². The van der Waals surface area contributed by atoms with Crippen LogP contribution in [0, 0.1) is 11.2 Å². The normalized spacial score (nSPS) is 19.2. The third kappa shape index (κ3) is 6.77. The van der Waals surface area contributed by atoms with Gasteiger partial charge < -0.3 is 15.4 Å². The maximum absolute atomic E-state index is 13.2. The summed E-state index contributed by atoms with van der Waals surface area (Å²) in [4.78, 5) is 17.0. The lowest BCUT2D eigenvalue weighted by Gasteiger charge is -2.23. The fraction of sp³-hybridized carbons (Fsp3) is 0.391. The van der Waals surface area contributed by atoms with E-state index >= 15 is 0 Å². The first-order valence-electron chi connectivity index (χ1n) is 10.3. The number of nitrogens with zero attached hydrogens (tertiary/aromatic N) is 1. The highest BCUT2D eigenvalue weighted by atomic mass is 19.1. The van der Waals surface area contributed by atoms with Crippen LogP contribution in [0.4, 0.5) is 4.39 Å². The van der Waals surface area contributed by atoms with Gasteiger partial charge in [-0.3, -0.25) is 4.79 Å². The van der Waals surface area contributed by atoms with Crippen molar-refractivity contribution in [2.75, 3.05) is 13.7 Å². The van der Waals surface area contributed by atoms with Crippen molar-refractivity contribution in [2.45, 2.75) is 39.4 Å². The van der Waals surface area contributed by atoms with Gasteiger partial charge in [-0.05, 0) is 47.4 Å². The maximum Gasteiger partial charge on any atom is 0.280 e. The number of carbonyl (C=O) groups excluding carboxylic acids is 1. The van der Waals surface area contributed by atoms with Crippen molar-refractivity contribution < 1.29 is 13.9 Å². The number of amides is 1. The first-order valence-corrected chi connectivity index (χ1v) is 10.3. The van der Waals surface area contributed by atoms with Crippen LogP contribution in [0.2, 0.25) is 0 Å². The molecule has 2 aromatic carbocycles. The molecule has 2 atom stereocenters. The summed E-state index contributed by atoms with van der Waals surface area (Å²) < 4.78 is 18.3. The average molecular weight is 428 g/mol. The molecule has 1 amide bonds. The van der Waals surface area contributed by atoms with Gasteiger partial charge in [-0.25, -0.2) is 15.2 Å². The van der Waals surface area contributed by atoms with Gasteiger partial charge in [0.25, 0.3) is 5.91 Å². The first-order chi connectivity index (χ1) is 14.7. The van der Waals surface area contributed by atoms with E-state index in [9.17, 15) is 9.18 Å². The summed E-state index contributed by atoms with van der Waals surface area (Å²) in [6.07, 6.45) is 0.531. The molecular weight excluding hydrogens is 397 g/mol. The van der Waals surface area contributed by atoms with Crippen molar-refractivity contribution in [3.63, 3.8) is 0 Å². The highest BCUT2D eigenvalue weighted by Gasteiger charge is 2.26. The molecule has 2 aromatic rings. The zero-order valence-electron chi connectivity index (χ0n) is 18.3. The number of guanidine groups is 1. The van der Waals surface area contributed by atoms with Crippen LogP contribution in [0.1, 0.15) is 49.2 Å². The van der Waals surface area contributed by atoms with Crippen molar-refractivity contribution in [3.05, 3.63) is 65.5 Å². The van der Waals surface area contributed by atoms with E-state index in [1.807, 2.05) is 0 Å². The van der Waals surface area contributed by atoms with Gasteiger partial charge in [0.15, 0.2) is 0 Å². The van der Waals surface area contributed by atoms with Gasteiger partial charge in [-0.1, -0.05) is 32.9 Å². The molecule has 0 aromatic heterocycles. The summed E-state index contributed by atoms with van der Waals surface area (Å²) in [7, 11) is 1.58. The Labute approximate surface area is 182 Å². The molecule has 1 aliphatic rings. The minimum atomic E-state index is -0.354. The molecule has 31 heavy (non-hydrogen) atoms. The zero-order chi connectivity index (χ0) is 22.4. The van der Waals surface area contributed by atoms with Gasteiger partial charge in [0.2, 0.25) is 5.96 Å². The number of hydrazine groups is 1. The number of aliphatic imine (C=N–C) groups is 1. The lowest BCUT2D eigenvalue weighted by Crippen LogP contribution is -2.50. The Morgan fingerprint density at radius 2 is 1.81 bits per heavy atom. The Balaban J connectivity index is 1.70. The molecule has 0 bridgehead atoms. The quantitative estimate of drug-likeness (QED) is 0.433. The third-order valence-electron chi connectivity index (χ3n) is 4.82. The molecule has 1 fully saturated rings. The van der Waals surface area contributed by atoms with E-state index in [4.69, 9.17) is 4.74 Å². The molecule has 1 heterocycles. The van der Waals surface area contributed by atoms with Crippen LogP contribution in [-0.4, -0.2) is 31.7 Å². The van der Waals surface area contributed by atoms with Crippen molar-refractivity contribution in [1.82, 2.24) is 21.5 Å². The molecule has 3 rings (SSSR count). The van der Waals surface area contributed by atoms with Gasteiger partial charge in [0.1, 0.15) is 11.6 Å². The lowest BCUT2D eigenvalue weighted by atomic mass is 9.97. The summed E-state index contributed by atoms with van der Waals surface area (Å²) in [5.41, 5.74) is 7.83. The summed E-state index contributed by atoms with van der Waals surface area (Å²) in [6.45, 7) is 6.94. The number of carbonyl (C=O) groups is 1. The van der Waals surface area contributed by atoms with E-state index < -0.39 is 0 Å². The zero-order valence-corrected chi connectivity index (χ0v) is 18.3. The summed E-state index contributed by atoms with van der Waals surface area (Å²) in [5, 5.41) is 6.52. The van der Waals surface area contributed by atoms with Crippen molar-refractivity contribution in [2.24, 2.45) is 10.4 Å². The Kier molecular flexibility index (Phi) is 7.25. The molecule has 0 aliphatic carbocycles. The maximum atomic E-state index is 13.2. The minimum Gasteiger partial charge on any atom is -0.497 e. The second-order valence-corrected chi connectivity index (χ2v) is 8.73. The largest absolute Gasteiger partial charge is 0.497 e. The number of hydrogen-bond donors (Lipinski definition) is 4. The van der Waals surface area contributed by atoms with Crippen molar-refractivity contribution >= 4 is 11.9 Å². The molecule has 4 N–H and O–H groups in total. The van der Waals surface area contributed by atoms with Crippen LogP contribution in [0.3, 0.4) is 0 Å². The van der Waals surface area contributed by atoms with Crippen molar-refractivity contribution in [3.8, 4) is 5.75 Å². The minimum absolute atomic E-state index is 0.00358. The van der Waals surface area contributed by atoms with Crippen LogP contribution < -0.4 is 26.2 Å². The van der Waals surface area contributed by atoms with Gasteiger partial charge in [-0.2, -0.15) is 4.99 Å². The standard InChI is InChI=1S/C23H30FN5O2/c1-23(2,3)14-25-22(27-21(30)16-7-11-18(31-4)12-8-16)26-20-13-19(28-29-20)15-5-9-17(24)10-6-15/h5-12,19-20,28-29H,13-14H2,1-4H3,(H2,25,26,27,30). The monoisotopic (exact) mass is 427 g/mol. The lowest BCUT2D eigenvalue weighted by molar-refractivity contribution is 0.100. The Hall–Kier alpha value is -2.97. The fourth-order valence-electron chi connectivity index (χ4n) is 3.10. The second-order valence-electron chi connectivity index (χ2n) is 8.73. The molecule has 1 saturated heterocycles. The van der Waals surface area contributed by atoms with E-state index in [0.717, 1.165) is 5.56 Å². The molecule has 7 nitrogen and oxygen atoms in total. The molecule has 1 aliphatic heterocycles. The topological polar surface area (TPSA) is 86.8 Å². The van der Waals surface area contributed by atoms with Crippen LogP contribution in [0.5, 0.6) is 5.75 Å². The van der Waals surface area contributed by atoms with Gasteiger partial charge in [0.05, 0.1) is 13.3 Å². The van der Waals surface area contributed by atoms with Crippen LogP contribution >= 0.6 is 0 Å². The van der Waals surface area contributed by atoms with E-state index in [-0.39, 0.29) is 29.3 Å². The summed E-state index contributed by atoms with van der Waals surface area (Å²) >= 11 is 0. The fourth-order valence-corrected chi connectivity index (χ4v) is 3.10. The van der Waals surface area contributed by atoms with Gasteiger partial charge >= 0.3 is 0 Å². The third-order valence-corrected chi connectivity index (χ3v) is 4.82. The molecule has 0 saturated carbocycles. The molecule has 166 valence electrons. The van der Waals surface area contributed by atoms with Crippen LogP contribution in [0.25, 0.3) is 0 Å². The van der Waals surface area contributed by atoms with E-state index in [1.165, 1.54) is 12.1 Å².